The average Bonchev–Trinajstić information content (AvgIpc) is 2.81. The van der Waals surface area contributed by atoms with E-state index < -0.39 is 5.97 Å². The number of aryl methyl sites for hydroxylation is 3. The molecule has 0 aliphatic carbocycles. The highest BCUT2D eigenvalue weighted by Gasteiger charge is 2.20. The highest BCUT2D eigenvalue weighted by molar-refractivity contribution is 6.04. The van der Waals surface area contributed by atoms with Gasteiger partial charge in [-0.15, -0.1) is 0 Å². The lowest BCUT2D eigenvalue weighted by atomic mass is 10.00. The molecule has 0 atom stereocenters. The summed E-state index contributed by atoms with van der Waals surface area (Å²) in [7, 11) is 0. The molecule has 5 N–H and O–H groups in total. The Bertz CT molecular complexity index is 704. The molecule has 1 heterocycles. The van der Waals surface area contributed by atoms with Gasteiger partial charge in [-0.2, -0.15) is 0 Å². The molecule has 0 fully saturated rings. The fourth-order valence-corrected chi connectivity index (χ4v) is 3.23. The Morgan fingerprint density at radius 2 is 1.91 bits per heavy atom. The molecule has 5 heteroatoms. The van der Waals surface area contributed by atoms with Crippen LogP contribution in [-0.4, -0.2) is 28.7 Å². The minimum Gasteiger partial charge on any atom is -0.478 e. The van der Waals surface area contributed by atoms with Gasteiger partial charge in [-0.05, 0) is 69.0 Å². The molecule has 1 aromatic heterocycles. The number of rotatable bonds is 8. The third-order valence-corrected chi connectivity index (χ3v) is 4.46. The Morgan fingerprint density at radius 1 is 1.22 bits per heavy atom. The van der Waals surface area contributed by atoms with E-state index in [4.69, 9.17) is 11.5 Å². The van der Waals surface area contributed by atoms with Gasteiger partial charge in [0.1, 0.15) is 0 Å². The second kappa shape index (κ2) is 7.62. The van der Waals surface area contributed by atoms with Gasteiger partial charge in [0, 0.05) is 17.6 Å². The number of carbonyl (C=O) groups is 1. The molecule has 0 aliphatic heterocycles. The van der Waals surface area contributed by atoms with E-state index >= 15 is 0 Å². The molecule has 0 bridgehead atoms. The summed E-state index contributed by atoms with van der Waals surface area (Å²) in [6.07, 6.45) is 3.42. The van der Waals surface area contributed by atoms with E-state index in [1.54, 1.807) is 6.07 Å². The molecule has 1 aromatic carbocycles. The van der Waals surface area contributed by atoms with Crippen molar-refractivity contribution in [2.45, 2.75) is 46.1 Å². The number of nitrogens with two attached hydrogens (primary N) is 2. The standard InChI is InChI=1S/C18H27N3O2/c1-3-13-10-15-14(6-4-7-19)12(2)21(9-5-8-20)17(15)16(11-13)18(22)23/h10-11H,3-9,19-20H2,1-2H3,(H,22,23). The summed E-state index contributed by atoms with van der Waals surface area (Å²) >= 11 is 0. The minimum atomic E-state index is -0.873. The van der Waals surface area contributed by atoms with Gasteiger partial charge in [-0.1, -0.05) is 6.92 Å². The lowest BCUT2D eigenvalue weighted by Crippen LogP contribution is -2.09. The highest BCUT2D eigenvalue weighted by atomic mass is 16.4. The summed E-state index contributed by atoms with van der Waals surface area (Å²) in [6, 6.07) is 3.94. The molecular formula is C18H27N3O2. The van der Waals surface area contributed by atoms with Crippen LogP contribution in [0.15, 0.2) is 12.1 Å². The SMILES string of the molecule is CCc1cc(C(=O)O)c2c(c1)c(CCCN)c(C)n2CCCN. The molecule has 2 aromatic rings. The summed E-state index contributed by atoms with van der Waals surface area (Å²) in [6.45, 7) is 6.08. The molecule has 126 valence electrons. The number of benzene rings is 1. The van der Waals surface area contributed by atoms with Crippen molar-refractivity contribution < 1.29 is 9.90 Å². The molecule has 0 unspecified atom stereocenters. The Labute approximate surface area is 137 Å². The number of hydrogen-bond acceptors (Lipinski definition) is 3. The van der Waals surface area contributed by atoms with Gasteiger partial charge in [-0.25, -0.2) is 4.79 Å². The first-order chi connectivity index (χ1) is 11.0. The molecule has 23 heavy (non-hydrogen) atoms. The first-order valence-electron chi connectivity index (χ1n) is 8.33. The summed E-state index contributed by atoms with van der Waals surface area (Å²) in [5.74, 6) is -0.873. The minimum absolute atomic E-state index is 0.387. The van der Waals surface area contributed by atoms with Crippen LogP contribution in [0.1, 0.15) is 46.9 Å². The number of aromatic carboxylic acids is 1. The molecule has 5 nitrogen and oxygen atoms in total. The van der Waals surface area contributed by atoms with Gasteiger partial charge in [0.15, 0.2) is 0 Å². The lowest BCUT2D eigenvalue weighted by molar-refractivity contribution is 0.0698. The van der Waals surface area contributed by atoms with Crippen molar-refractivity contribution in [3.63, 3.8) is 0 Å². The number of fused-ring (bicyclic) bond motifs is 1. The average molecular weight is 317 g/mol. The number of hydrogen-bond donors (Lipinski definition) is 3. The van der Waals surface area contributed by atoms with Crippen molar-refractivity contribution in [1.82, 2.24) is 4.57 Å². The Hall–Kier alpha value is -1.85. The van der Waals surface area contributed by atoms with Crippen molar-refractivity contribution in [2.24, 2.45) is 11.5 Å². The van der Waals surface area contributed by atoms with Crippen molar-refractivity contribution >= 4 is 16.9 Å². The maximum absolute atomic E-state index is 11.8. The van der Waals surface area contributed by atoms with Crippen LogP contribution in [0.3, 0.4) is 0 Å². The Morgan fingerprint density at radius 3 is 2.48 bits per heavy atom. The van der Waals surface area contributed by atoms with Crippen LogP contribution >= 0.6 is 0 Å². The van der Waals surface area contributed by atoms with Crippen molar-refractivity contribution in [3.05, 3.63) is 34.5 Å². The normalized spacial score (nSPS) is 11.3. The molecule has 0 saturated heterocycles. The largest absolute Gasteiger partial charge is 0.478 e. The number of nitrogens with zero attached hydrogens (tertiary/aromatic N) is 1. The van der Waals surface area contributed by atoms with Gasteiger partial charge >= 0.3 is 5.97 Å². The van der Waals surface area contributed by atoms with Crippen LogP contribution in [0, 0.1) is 6.92 Å². The quantitative estimate of drug-likeness (QED) is 0.697. The van der Waals surface area contributed by atoms with Gasteiger partial charge in [0.25, 0.3) is 0 Å². The Balaban J connectivity index is 2.75. The molecule has 2 rings (SSSR count). The van der Waals surface area contributed by atoms with Crippen LogP contribution < -0.4 is 11.5 Å². The number of carboxylic acids is 1. The number of carboxylic acid groups (broad SMARTS) is 1. The molecule has 0 aliphatic rings. The zero-order valence-electron chi connectivity index (χ0n) is 14.1. The first kappa shape index (κ1) is 17.5. The summed E-state index contributed by atoms with van der Waals surface area (Å²) in [5, 5.41) is 10.7. The molecular weight excluding hydrogens is 290 g/mol. The maximum atomic E-state index is 11.8. The third kappa shape index (κ3) is 3.41. The third-order valence-electron chi connectivity index (χ3n) is 4.46. The van der Waals surface area contributed by atoms with Gasteiger partial charge in [0.2, 0.25) is 0 Å². The van der Waals surface area contributed by atoms with Crippen molar-refractivity contribution in [3.8, 4) is 0 Å². The predicted octanol–water partition coefficient (Wildman–Crippen LogP) is 2.45. The zero-order chi connectivity index (χ0) is 17.0. The summed E-state index contributed by atoms with van der Waals surface area (Å²) in [5.41, 5.74) is 16.0. The van der Waals surface area contributed by atoms with Gasteiger partial charge in [0.05, 0.1) is 11.1 Å². The second-order valence-electron chi connectivity index (χ2n) is 5.95. The van der Waals surface area contributed by atoms with Crippen molar-refractivity contribution in [1.29, 1.82) is 0 Å². The van der Waals surface area contributed by atoms with Gasteiger partial charge in [-0.3, -0.25) is 0 Å². The molecule has 0 amide bonds. The monoisotopic (exact) mass is 317 g/mol. The van der Waals surface area contributed by atoms with E-state index in [1.807, 2.05) is 6.92 Å². The van der Waals surface area contributed by atoms with Crippen LogP contribution in [0.4, 0.5) is 0 Å². The topological polar surface area (TPSA) is 94.3 Å². The van der Waals surface area contributed by atoms with Crippen LogP contribution in [-0.2, 0) is 19.4 Å². The second-order valence-corrected chi connectivity index (χ2v) is 5.95. The fourth-order valence-electron chi connectivity index (χ4n) is 3.23. The van der Waals surface area contributed by atoms with E-state index in [0.29, 0.717) is 18.7 Å². The highest BCUT2D eigenvalue weighted by Crippen LogP contribution is 2.31. The van der Waals surface area contributed by atoms with E-state index in [0.717, 1.165) is 54.4 Å². The van der Waals surface area contributed by atoms with E-state index in [9.17, 15) is 9.90 Å². The van der Waals surface area contributed by atoms with E-state index in [-0.39, 0.29) is 0 Å². The number of aromatic nitrogens is 1. The smallest absolute Gasteiger partial charge is 0.337 e. The van der Waals surface area contributed by atoms with Crippen molar-refractivity contribution in [2.75, 3.05) is 13.1 Å². The maximum Gasteiger partial charge on any atom is 0.337 e. The van der Waals surface area contributed by atoms with Crippen LogP contribution in [0.5, 0.6) is 0 Å². The molecule has 0 radical (unpaired) electrons. The van der Waals surface area contributed by atoms with Crippen LogP contribution in [0.25, 0.3) is 10.9 Å². The first-order valence-corrected chi connectivity index (χ1v) is 8.33. The van der Waals surface area contributed by atoms with E-state index in [1.165, 1.54) is 5.56 Å². The molecule has 0 saturated carbocycles. The zero-order valence-corrected chi connectivity index (χ0v) is 14.1. The van der Waals surface area contributed by atoms with Gasteiger partial charge < -0.3 is 21.1 Å². The molecule has 0 spiro atoms. The van der Waals surface area contributed by atoms with Crippen LogP contribution in [0.2, 0.25) is 0 Å². The summed E-state index contributed by atoms with van der Waals surface area (Å²) < 4.78 is 2.12. The fraction of sp³-hybridized carbons (Fsp3) is 0.500. The summed E-state index contributed by atoms with van der Waals surface area (Å²) in [4.78, 5) is 11.8. The van der Waals surface area contributed by atoms with E-state index in [2.05, 4.69) is 17.6 Å². The predicted molar refractivity (Wildman–Crippen MR) is 94.1 cm³/mol. The Kier molecular flexibility index (Phi) is 5.80. The lowest BCUT2D eigenvalue weighted by Gasteiger charge is -2.10.